The summed E-state index contributed by atoms with van der Waals surface area (Å²) in [5.41, 5.74) is 2.30. The van der Waals surface area contributed by atoms with E-state index in [4.69, 9.17) is 14.6 Å². The van der Waals surface area contributed by atoms with Gasteiger partial charge in [-0.05, 0) is 69.8 Å². The number of hydrogen-bond acceptors (Lipinski definition) is 9. The highest BCUT2D eigenvalue weighted by molar-refractivity contribution is 5.96. The van der Waals surface area contributed by atoms with Crippen LogP contribution in [0.25, 0.3) is 11.1 Å². The van der Waals surface area contributed by atoms with Crippen LogP contribution in [-0.4, -0.2) is 77.3 Å². The number of aromatic nitrogens is 2. The zero-order valence-electron chi connectivity index (χ0n) is 22.2. The number of aliphatic hydroxyl groups excluding tert-OH is 1. The number of nitrogens with zero attached hydrogens (tertiary/aromatic N) is 3. The highest BCUT2D eigenvalue weighted by Crippen LogP contribution is 2.21. The van der Waals surface area contributed by atoms with Gasteiger partial charge in [0.2, 0.25) is 5.95 Å². The van der Waals surface area contributed by atoms with Crippen LogP contribution in [0.4, 0.5) is 11.6 Å². The number of amides is 1. The molecule has 202 valence electrons. The summed E-state index contributed by atoms with van der Waals surface area (Å²) in [6.45, 7) is 7.13. The van der Waals surface area contributed by atoms with Crippen molar-refractivity contribution in [3.8, 4) is 16.9 Å². The number of benzene rings is 2. The third-order valence-electron chi connectivity index (χ3n) is 5.28. The molecule has 10 heteroatoms. The van der Waals surface area contributed by atoms with E-state index < -0.39 is 11.6 Å². The fourth-order valence-corrected chi connectivity index (χ4v) is 3.35. The Hall–Kier alpha value is -4.02. The summed E-state index contributed by atoms with van der Waals surface area (Å²) in [6, 6.07) is 14.5. The van der Waals surface area contributed by atoms with Crippen LogP contribution in [0.5, 0.6) is 5.75 Å². The van der Waals surface area contributed by atoms with Crippen LogP contribution in [0.2, 0.25) is 0 Å². The summed E-state index contributed by atoms with van der Waals surface area (Å²) < 4.78 is 10.9. The first kappa shape index (κ1) is 28.5. The molecule has 2 aromatic carbocycles. The molecule has 0 atom stereocenters. The van der Waals surface area contributed by atoms with Crippen molar-refractivity contribution in [2.45, 2.75) is 26.4 Å². The van der Waals surface area contributed by atoms with Gasteiger partial charge in [0.25, 0.3) is 5.91 Å². The third-order valence-corrected chi connectivity index (χ3v) is 5.28. The summed E-state index contributed by atoms with van der Waals surface area (Å²) >= 11 is 0. The maximum atomic E-state index is 12.3. The van der Waals surface area contributed by atoms with Gasteiger partial charge in [0, 0.05) is 42.3 Å². The molecule has 0 saturated heterocycles. The first-order valence-corrected chi connectivity index (χ1v) is 12.3. The quantitative estimate of drug-likeness (QED) is 0.308. The second-order valence-electron chi connectivity index (χ2n) is 9.67. The minimum Gasteiger partial charge on any atom is -0.492 e. The second-order valence-corrected chi connectivity index (χ2v) is 9.67. The normalized spacial score (nSPS) is 11.2. The predicted octanol–water partition coefficient (Wildman–Crippen LogP) is 3.26. The van der Waals surface area contributed by atoms with E-state index in [9.17, 15) is 9.59 Å². The molecule has 0 aliphatic carbocycles. The molecule has 0 fully saturated rings. The van der Waals surface area contributed by atoms with Crippen LogP contribution in [0, 0.1) is 0 Å². The van der Waals surface area contributed by atoms with Crippen LogP contribution in [0.15, 0.2) is 60.9 Å². The number of carbonyl (C=O) groups excluding carboxylic acids is 2. The van der Waals surface area contributed by atoms with Crippen LogP contribution >= 0.6 is 0 Å². The Morgan fingerprint density at radius 2 is 1.61 bits per heavy atom. The van der Waals surface area contributed by atoms with Gasteiger partial charge in [0.05, 0.1) is 6.61 Å². The van der Waals surface area contributed by atoms with Gasteiger partial charge in [0.1, 0.15) is 24.5 Å². The Morgan fingerprint density at radius 1 is 0.947 bits per heavy atom. The summed E-state index contributed by atoms with van der Waals surface area (Å²) in [5, 5.41) is 14.7. The Balaban J connectivity index is 1.49. The molecule has 0 aliphatic heterocycles. The number of esters is 1. The van der Waals surface area contributed by atoms with E-state index in [0.717, 1.165) is 29.1 Å². The van der Waals surface area contributed by atoms with E-state index in [1.165, 1.54) is 0 Å². The molecule has 0 spiro atoms. The monoisotopic (exact) mass is 521 g/mol. The predicted molar refractivity (Wildman–Crippen MR) is 145 cm³/mol. The maximum absolute atomic E-state index is 12.3. The zero-order valence-corrected chi connectivity index (χ0v) is 22.2. The fraction of sp³-hybridized carbons (Fsp3) is 0.357. The standard InChI is InChI=1S/C28H35N5O5/c1-28(2,3)38-25(35)19-29-26(36)21-7-5-20(6-8-21)22-17-30-27(31-18-22)32-23-9-11-24(12-10-23)37-16-14-33(4)13-15-34/h5-12,17-18,34H,13-16,19H2,1-4H3,(H,29,36)(H,30,31,32). The molecule has 38 heavy (non-hydrogen) atoms. The smallest absolute Gasteiger partial charge is 0.325 e. The van der Waals surface area contributed by atoms with Crippen LogP contribution in [0.3, 0.4) is 0 Å². The average molecular weight is 522 g/mol. The molecule has 3 rings (SSSR count). The van der Waals surface area contributed by atoms with E-state index >= 15 is 0 Å². The van der Waals surface area contributed by atoms with Crippen molar-refractivity contribution in [1.29, 1.82) is 0 Å². The van der Waals surface area contributed by atoms with Crippen molar-refractivity contribution in [3.63, 3.8) is 0 Å². The number of aliphatic hydroxyl groups is 1. The highest BCUT2D eigenvalue weighted by Gasteiger charge is 2.17. The topological polar surface area (TPSA) is 126 Å². The molecular formula is C28H35N5O5. The van der Waals surface area contributed by atoms with Crippen molar-refractivity contribution >= 4 is 23.5 Å². The van der Waals surface area contributed by atoms with Crippen molar-refractivity contribution < 1.29 is 24.2 Å². The summed E-state index contributed by atoms with van der Waals surface area (Å²) in [5.74, 6) is 0.358. The van der Waals surface area contributed by atoms with Crippen molar-refractivity contribution in [1.82, 2.24) is 20.2 Å². The Morgan fingerprint density at radius 3 is 2.21 bits per heavy atom. The van der Waals surface area contributed by atoms with Crippen molar-refractivity contribution in [2.24, 2.45) is 0 Å². The number of hydrogen-bond donors (Lipinski definition) is 3. The molecule has 1 amide bonds. The lowest BCUT2D eigenvalue weighted by atomic mass is 10.1. The molecule has 0 saturated carbocycles. The molecule has 1 heterocycles. The first-order chi connectivity index (χ1) is 18.1. The SMILES string of the molecule is CN(CCO)CCOc1ccc(Nc2ncc(-c3ccc(C(=O)NCC(=O)OC(C)(C)C)cc3)cn2)cc1. The number of likely N-dealkylation sites (N-methyl/N-ethyl adjacent to an activating group) is 1. The molecule has 10 nitrogen and oxygen atoms in total. The highest BCUT2D eigenvalue weighted by atomic mass is 16.6. The zero-order chi connectivity index (χ0) is 27.5. The van der Waals surface area contributed by atoms with Crippen LogP contribution in [-0.2, 0) is 9.53 Å². The van der Waals surface area contributed by atoms with Crippen LogP contribution < -0.4 is 15.4 Å². The largest absolute Gasteiger partial charge is 0.492 e. The van der Waals surface area contributed by atoms with Gasteiger partial charge in [-0.3, -0.25) is 9.59 Å². The summed E-state index contributed by atoms with van der Waals surface area (Å²) in [4.78, 5) is 34.9. The van der Waals surface area contributed by atoms with E-state index in [-0.39, 0.29) is 19.1 Å². The van der Waals surface area contributed by atoms with Crippen molar-refractivity contribution in [2.75, 3.05) is 45.2 Å². The molecule has 1 aromatic heterocycles. The number of anilines is 2. The summed E-state index contributed by atoms with van der Waals surface area (Å²) in [7, 11) is 1.93. The molecule has 0 unspecified atom stereocenters. The lowest BCUT2D eigenvalue weighted by Gasteiger charge is -2.19. The van der Waals surface area contributed by atoms with E-state index in [2.05, 4.69) is 20.6 Å². The Labute approximate surface area is 223 Å². The molecule has 0 radical (unpaired) electrons. The molecular weight excluding hydrogens is 486 g/mol. The van der Waals surface area contributed by atoms with Crippen LogP contribution in [0.1, 0.15) is 31.1 Å². The molecule has 0 aliphatic rings. The van der Waals surface area contributed by atoms with Gasteiger partial charge in [0.15, 0.2) is 0 Å². The van der Waals surface area contributed by atoms with E-state index in [1.807, 2.05) is 36.2 Å². The third kappa shape index (κ3) is 9.45. The number of ether oxygens (including phenoxy) is 2. The number of rotatable bonds is 12. The molecule has 3 N–H and O–H groups in total. The lowest BCUT2D eigenvalue weighted by Crippen LogP contribution is -2.34. The van der Waals surface area contributed by atoms with Gasteiger partial charge < -0.3 is 30.1 Å². The lowest BCUT2D eigenvalue weighted by molar-refractivity contribution is -0.153. The number of carbonyl (C=O) groups is 2. The van der Waals surface area contributed by atoms with E-state index in [0.29, 0.717) is 24.7 Å². The molecule has 0 bridgehead atoms. The number of nitrogens with one attached hydrogen (secondary N) is 2. The van der Waals surface area contributed by atoms with Gasteiger partial charge in [-0.15, -0.1) is 0 Å². The summed E-state index contributed by atoms with van der Waals surface area (Å²) in [6.07, 6.45) is 3.40. The minimum atomic E-state index is -0.602. The van der Waals surface area contributed by atoms with Gasteiger partial charge in [-0.25, -0.2) is 9.97 Å². The average Bonchev–Trinajstić information content (AvgIpc) is 2.88. The Kier molecular flexibility index (Phi) is 10.1. The molecule has 3 aromatic rings. The van der Waals surface area contributed by atoms with E-state index in [1.54, 1.807) is 57.4 Å². The van der Waals surface area contributed by atoms with Gasteiger partial charge in [-0.2, -0.15) is 0 Å². The second kappa shape index (κ2) is 13.5. The maximum Gasteiger partial charge on any atom is 0.325 e. The van der Waals surface area contributed by atoms with Gasteiger partial charge >= 0.3 is 5.97 Å². The Bertz CT molecular complexity index is 1180. The first-order valence-electron chi connectivity index (χ1n) is 12.3. The minimum absolute atomic E-state index is 0.129. The fourth-order valence-electron chi connectivity index (χ4n) is 3.35. The van der Waals surface area contributed by atoms with Crippen molar-refractivity contribution in [3.05, 3.63) is 66.5 Å². The van der Waals surface area contributed by atoms with Gasteiger partial charge in [-0.1, -0.05) is 12.1 Å².